The van der Waals surface area contributed by atoms with Gasteiger partial charge in [0.2, 0.25) is 0 Å². The lowest BCUT2D eigenvalue weighted by Crippen LogP contribution is -2.30. The van der Waals surface area contributed by atoms with E-state index in [1.54, 1.807) is 0 Å². The van der Waals surface area contributed by atoms with Gasteiger partial charge in [-0.15, -0.1) is 0 Å². The minimum absolute atomic E-state index is 0.0476. The van der Waals surface area contributed by atoms with E-state index in [-0.39, 0.29) is 12.1 Å². The molecule has 0 aliphatic carbocycles. The minimum Gasteiger partial charge on any atom is -0.322 e. The highest BCUT2D eigenvalue weighted by atomic mass is 15.3. The van der Waals surface area contributed by atoms with E-state index in [1.165, 1.54) is 11.3 Å². The predicted molar refractivity (Wildman–Crippen MR) is 83.7 cm³/mol. The van der Waals surface area contributed by atoms with Gasteiger partial charge in [-0.05, 0) is 37.8 Å². The van der Waals surface area contributed by atoms with Gasteiger partial charge in [-0.1, -0.05) is 44.2 Å². The van der Waals surface area contributed by atoms with Gasteiger partial charge < -0.3 is 5.73 Å². The number of rotatable bonds is 4. The summed E-state index contributed by atoms with van der Waals surface area (Å²) in [4.78, 5) is 0. The van der Waals surface area contributed by atoms with Crippen molar-refractivity contribution in [2.45, 2.75) is 46.7 Å². The van der Waals surface area contributed by atoms with Gasteiger partial charge in [0.15, 0.2) is 0 Å². The Bertz CT molecular complexity index is 569. The highest BCUT2D eigenvalue weighted by Gasteiger charge is 2.27. The molecule has 2 unspecified atom stereocenters. The Balaban J connectivity index is 2.44. The summed E-state index contributed by atoms with van der Waals surface area (Å²) < 4.78 is 2.12. The van der Waals surface area contributed by atoms with E-state index >= 15 is 0 Å². The summed E-state index contributed by atoms with van der Waals surface area (Å²) in [6.45, 7) is 10.7. The average Bonchev–Trinajstić information content (AvgIpc) is 2.67. The number of hydrogen-bond donors (Lipinski definition) is 1. The molecular weight excluding hydrogens is 246 g/mol. The number of nitrogens with zero attached hydrogens (tertiary/aromatic N) is 2. The van der Waals surface area contributed by atoms with Gasteiger partial charge in [0, 0.05) is 5.69 Å². The lowest BCUT2D eigenvalue weighted by atomic mass is 9.91. The van der Waals surface area contributed by atoms with Crippen molar-refractivity contribution in [3.8, 4) is 0 Å². The summed E-state index contributed by atoms with van der Waals surface area (Å²) >= 11 is 0. The van der Waals surface area contributed by atoms with Crippen LogP contribution in [0.3, 0.4) is 0 Å². The quantitative estimate of drug-likeness (QED) is 0.921. The zero-order valence-electron chi connectivity index (χ0n) is 13.1. The van der Waals surface area contributed by atoms with Crippen LogP contribution in [-0.4, -0.2) is 9.78 Å². The zero-order valence-corrected chi connectivity index (χ0v) is 13.1. The number of nitrogens with two attached hydrogens (primary N) is 1. The summed E-state index contributed by atoms with van der Waals surface area (Å²) in [6, 6.07) is 10.4. The molecule has 20 heavy (non-hydrogen) atoms. The second-order valence-electron chi connectivity index (χ2n) is 5.91. The molecule has 3 heteroatoms. The fourth-order valence-electron chi connectivity index (χ4n) is 2.76. The normalized spacial score (nSPS) is 14.6. The van der Waals surface area contributed by atoms with Crippen LogP contribution in [0.2, 0.25) is 0 Å². The van der Waals surface area contributed by atoms with Crippen LogP contribution in [0.1, 0.15) is 48.4 Å². The van der Waals surface area contributed by atoms with Crippen molar-refractivity contribution in [2.75, 3.05) is 0 Å². The molecule has 1 aromatic carbocycles. The Labute approximate surface area is 121 Å². The van der Waals surface area contributed by atoms with E-state index in [1.807, 2.05) is 18.2 Å². The largest absolute Gasteiger partial charge is 0.322 e. The summed E-state index contributed by atoms with van der Waals surface area (Å²) in [5, 5.41) is 4.71. The molecule has 0 radical (unpaired) electrons. The maximum Gasteiger partial charge on any atom is 0.0737 e. The van der Waals surface area contributed by atoms with Crippen LogP contribution in [0.25, 0.3) is 0 Å². The minimum atomic E-state index is -0.0476. The van der Waals surface area contributed by atoms with Gasteiger partial charge in [-0.3, -0.25) is 4.68 Å². The smallest absolute Gasteiger partial charge is 0.0737 e. The van der Waals surface area contributed by atoms with E-state index in [0.717, 1.165) is 11.3 Å². The van der Waals surface area contributed by atoms with Crippen LogP contribution in [0.4, 0.5) is 0 Å². The molecule has 0 saturated carbocycles. The number of aryl methyl sites for hydroxylation is 1. The van der Waals surface area contributed by atoms with E-state index in [4.69, 9.17) is 10.8 Å². The topological polar surface area (TPSA) is 43.8 Å². The summed E-state index contributed by atoms with van der Waals surface area (Å²) in [6.07, 6.45) is 0. The van der Waals surface area contributed by atoms with Gasteiger partial charge >= 0.3 is 0 Å². The van der Waals surface area contributed by atoms with Crippen LogP contribution in [0.15, 0.2) is 30.3 Å². The van der Waals surface area contributed by atoms with Crippen molar-refractivity contribution in [3.05, 3.63) is 52.8 Å². The van der Waals surface area contributed by atoms with Crippen molar-refractivity contribution in [1.82, 2.24) is 9.78 Å². The van der Waals surface area contributed by atoms with Crippen molar-refractivity contribution in [1.29, 1.82) is 0 Å². The first kappa shape index (κ1) is 14.8. The molecule has 0 aliphatic heterocycles. The fraction of sp³-hybridized carbons (Fsp3) is 0.471. The zero-order chi connectivity index (χ0) is 14.9. The Morgan fingerprint density at radius 1 is 1.05 bits per heavy atom. The van der Waals surface area contributed by atoms with Gasteiger partial charge in [0.25, 0.3) is 0 Å². The van der Waals surface area contributed by atoms with Gasteiger partial charge in [0.05, 0.1) is 17.8 Å². The van der Waals surface area contributed by atoms with Crippen molar-refractivity contribution < 1.29 is 0 Å². The molecule has 0 amide bonds. The average molecular weight is 271 g/mol. The van der Waals surface area contributed by atoms with Crippen LogP contribution < -0.4 is 5.73 Å². The molecule has 0 fully saturated rings. The van der Waals surface area contributed by atoms with Crippen LogP contribution in [0, 0.1) is 26.7 Å². The molecule has 0 saturated heterocycles. The summed E-state index contributed by atoms with van der Waals surface area (Å²) in [5.41, 5.74) is 11.3. The first-order valence-electron chi connectivity index (χ1n) is 7.26. The SMILES string of the molecule is Cc1nn(C(C(C)C)C(N)c2ccccc2)c(C)c1C. The summed E-state index contributed by atoms with van der Waals surface area (Å²) in [7, 11) is 0. The summed E-state index contributed by atoms with van der Waals surface area (Å²) in [5.74, 6) is 0.419. The fourth-order valence-corrected chi connectivity index (χ4v) is 2.76. The number of benzene rings is 1. The third-order valence-corrected chi connectivity index (χ3v) is 4.20. The Morgan fingerprint density at radius 2 is 1.65 bits per heavy atom. The molecule has 2 N–H and O–H groups in total. The van der Waals surface area contributed by atoms with Gasteiger partial charge in [-0.25, -0.2) is 0 Å². The maximum atomic E-state index is 6.54. The second kappa shape index (κ2) is 5.80. The van der Waals surface area contributed by atoms with Crippen molar-refractivity contribution >= 4 is 0 Å². The van der Waals surface area contributed by atoms with E-state index in [0.29, 0.717) is 5.92 Å². The molecule has 108 valence electrons. The first-order chi connectivity index (χ1) is 9.43. The number of hydrogen-bond acceptors (Lipinski definition) is 2. The monoisotopic (exact) mass is 271 g/mol. The van der Waals surface area contributed by atoms with Crippen LogP contribution >= 0.6 is 0 Å². The molecule has 0 aliphatic rings. The Hall–Kier alpha value is -1.61. The van der Waals surface area contributed by atoms with Crippen molar-refractivity contribution in [3.63, 3.8) is 0 Å². The van der Waals surface area contributed by atoms with E-state index in [2.05, 4.69) is 51.4 Å². The molecule has 0 spiro atoms. The lowest BCUT2D eigenvalue weighted by Gasteiger charge is -2.29. The second-order valence-corrected chi connectivity index (χ2v) is 5.91. The van der Waals surface area contributed by atoms with Crippen LogP contribution in [-0.2, 0) is 0 Å². The molecule has 0 bridgehead atoms. The molecule has 3 nitrogen and oxygen atoms in total. The predicted octanol–water partition coefficient (Wildman–Crippen LogP) is 3.71. The van der Waals surface area contributed by atoms with Gasteiger partial charge in [-0.2, -0.15) is 5.10 Å². The Morgan fingerprint density at radius 3 is 2.10 bits per heavy atom. The lowest BCUT2D eigenvalue weighted by molar-refractivity contribution is 0.288. The van der Waals surface area contributed by atoms with Crippen LogP contribution in [0.5, 0.6) is 0 Å². The number of aromatic nitrogens is 2. The highest BCUT2D eigenvalue weighted by Crippen LogP contribution is 2.32. The molecule has 1 aromatic heterocycles. The first-order valence-corrected chi connectivity index (χ1v) is 7.26. The van der Waals surface area contributed by atoms with E-state index in [9.17, 15) is 0 Å². The van der Waals surface area contributed by atoms with E-state index < -0.39 is 0 Å². The third kappa shape index (κ3) is 2.63. The standard InChI is InChI=1S/C17H25N3/c1-11(2)17(16(18)15-9-7-6-8-10-15)20-14(5)12(3)13(4)19-20/h6-11,16-17H,18H2,1-5H3. The highest BCUT2D eigenvalue weighted by molar-refractivity contribution is 5.25. The molecule has 2 atom stereocenters. The molecule has 2 aromatic rings. The van der Waals surface area contributed by atoms with Gasteiger partial charge in [0.1, 0.15) is 0 Å². The Kier molecular flexibility index (Phi) is 4.29. The molecule has 1 heterocycles. The maximum absolute atomic E-state index is 6.54. The van der Waals surface area contributed by atoms with Crippen molar-refractivity contribution in [2.24, 2.45) is 11.7 Å². The third-order valence-electron chi connectivity index (χ3n) is 4.20. The molecular formula is C17H25N3. The molecule has 2 rings (SSSR count).